The standard InChI is InChI=1S/C27H25N3O3S2/c28-22-24(31)30-17-27(18-34-25(22)30,35-15-13-19-8-7-14-29-16-19)26(32)33-23(20-9-3-1-4-10-20)21-11-5-2-6-12-21/h1-16,22-23,25H,17-18,28H2/t22?,25-,27?/m1/s1. The number of carbonyl (C=O) groups excluding carboxylic acids is 2. The molecule has 2 aliphatic heterocycles. The van der Waals surface area contributed by atoms with Gasteiger partial charge in [-0.05, 0) is 34.2 Å². The second-order valence-corrected chi connectivity index (χ2v) is 10.9. The highest BCUT2D eigenvalue weighted by Gasteiger charge is 2.56. The first-order valence-corrected chi connectivity index (χ1v) is 13.2. The quantitative estimate of drug-likeness (QED) is 0.384. The summed E-state index contributed by atoms with van der Waals surface area (Å²) in [5.41, 5.74) is 8.70. The number of benzene rings is 2. The van der Waals surface area contributed by atoms with Gasteiger partial charge in [-0.15, -0.1) is 23.5 Å². The molecule has 0 saturated carbocycles. The molecule has 0 bridgehead atoms. The largest absolute Gasteiger partial charge is 0.451 e. The van der Waals surface area contributed by atoms with Gasteiger partial charge in [-0.25, -0.2) is 0 Å². The lowest BCUT2D eigenvalue weighted by Gasteiger charge is -2.52. The average molecular weight is 504 g/mol. The maximum atomic E-state index is 13.9. The van der Waals surface area contributed by atoms with E-state index in [-0.39, 0.29) is 23.8 Å². The number of nitrogens with zero attached hydrogens (tertiary/aromatic N) is 2. The Labute approximate surface area is 212 Å². The number of amides is 1. The van der Waals surface area contributed by atoms with E-state index in [9.17, 15) is 9.59 Å². The van der Waals surface area contributed by atoms with Crippen molar-refractivity contribution in [3.8, 4) is 0 Å². The van der Waals surface area contributed by atoms with Gasteiger partial charge in [0.15, 0.2) is 6.10 Å². The highest BCUT2D eigenvalue weighted by Crippen LogP contribution is 2.45. The van der Waals surface area contributed by atoms with Crippen LogP contribution in [-0.4, -0.2) is 50.2 Å². The van der Waals surface area contributed by atoms with Crippen molar-refractivity contribution in [2.45, 2.75) is 22.3 Å². The third-order valence-corrected chi connectivity index (χ3v) is 9.03. The molecule has 2 N–H and O–H groups in total. The Morgan fingerprint density at radius 2 is 1.80 bits per heavy atom. The SMILES string of the molecule is NC1C(=O)N2CC(SC=Cc3cccnc3)(C(=O)OC(c3ccccc3)c3ccccc3)CS[C@H]12. The van der Waals surface area contributed by atoms with Crippen LogP contribution >= 0.6 is 23.5 Å². The number of carbonyl (C=O) groups is 2. The number of fused-ring (bicyclic) bond motifs is 1. The minimum Gasteiger partial charge on any atom is -0.451 e. The van der Waals surface area contributed by atoms with Gasteiger partial charge in [0, 0.05) is 24.7 Å². The Kier molecular flexibility index (Phi) is 6.95. The third-order valence-electron chi connectivity index (χ3n) is 6.14. The summed E-state index contributed by atoms with van der Waals surface area (Å²) in [5, 5.41) is 1.80. The molecule has 2 aliphatic rings. The molecule has 2 saturated heterocycles. The lowest BCUT2D eigenvalue weighted by Crippen LogP contribution is -2.73. The molecule has 1 amide bonds. The molecule has 8 heteroatoms. The van der Waals surface area contributed by atoms with Crippen molar-refractivity contribution in [2.24, 2.45) is 5.73 Å². The molecule has 3 heterocycles. The summed E-state index contributed by atoms with van der Waals surface area (Å²) in [6.07, 6.45) is 4.83. The molecule has 5 rings (SSSR count). The highest BCUT2D eigenvalue weighted by atomic mass is 32.2. The number of aromatic nitrogens is 1. The number of ether oxygens (including phenoxy) is 1. The van der Waals surface area contributed by atoms with Crippen molar-refractivity contribution in [3.05, 3.63) is 107 Å². The molecule has 0 radical (unpaired) electrons. The number of rotatable bonds is 7. The number of hydrogen-bond donors (Lipinski definition) is 1. The van der Waals surface area contributed by atoms with Crippen molar-refractivity contribution in [3.63, 3.8) is 0 Å². The fourth-order valence-corrected chi connectivity index (χ4v) is 6.86. The first-order chi connectivity index (χ1) is 17.1. The summed E-state index contributed by atoms with van der Waals surface area (Å²) in [4.78, 5) is 32.2. The van der Waals surface area contributed by atoms with Crippen molar-refractivity contribution in [2.75, 3.05) is 12.3 Å². The molecule has 2 aromatic carbocycles. The maximum absolute atomic E-state index is 13.9. The first-order valence-electron chi connectivity index (χ1n) is 11.3. The van der Waals surface area contributed by atoms with E-state index in [4.69, 9.17) is 10.5 Å². The summed E-state index contributed by atoms with van der Waals surface area (Å²) < 4.78 is 5.29. The monoisotopic (exact) mass is 503 g/mol. The second-order valence-electron chi connectivity index (χ2n) is 8.50. The van der Waals surface area contributed by atoms with Gasteiger partial charge in [0.25, 0.3) is 0 Å². The van der Waals surface area contributed by atoms with E-state index in [1.807, 2.05) is 84.3 Å². The molecular formula is C27H25N3O3S2. The van der Waals surface area contributed by atoms with Gasteiger partial charge in [-0.2, -0.15) is 0 Å². The van der Waals surface area contributed by atoms with Gasteiger partial charge in [-0.1, -0.05) is 66.7 Å². The third kappa shape index (κ3) is 4.87. The maximum Gasteiger partial charge on any atom is 0.326 e. The van der Waals surface area contributed by atoms with Crippen LogP contribution in [0.4, 0.5) is 0 Å². The molecule has 0 aliphatic carbocycles. The van der Waals surface area contributed by atoms with E-state index < -0.39 is 16.9 Å². The van der Waals surface area contributed by atoms with Gasteiger partial charge in [0.1, 0.15) is 16.2 Å². The minimum absolute atomic E-state index is 0.0922. The normalized spacial score (nSPS) is 23.7. The van der Waals surface area contributed by atoms with Crippen molar-refractivity contribution >= 4 is 41.5 Å². The van der Waals surface area contributed by atoms with Crippen molar-refractivity contribution < 1.29 is 14.3 Å². The van der Waals surface area contributed by atoms with Gasteiger partial charge >= 0.3 is 5.97 Å². The van der Waals surface area contributed by atoms with E-state index in [1.165, 1.54) is 23.5 Å². The van der Waals surface area contributed by atoms with Crippen molar-refractivity contribution in [1.29, 1.82) is 0 Å². The van der Waals surface area contributed by atoms with Gasteiger partial charge in [0.2, 0.25) is 5.91 Å². The number of nitrogens with two attached hydrogens (primary N) is 1. The Morgan fingerprint density at radius 3 is 2.43 bits per heavy atom. The molecule has 6 nitrogen and oxygen atoms in total. The number of esters is 1. The fraction of sp³-hybridized carbons (Fsp3) is 0.222. The van der Waals surface area contributed by atoms with Crippen LogP contribution in [0.2, 0.25) is 0 Å². The number of pyridine rings is 1. The molecule has 0 spiro atoms. The van der Waals surface area contributed by atoms with E-state index in [0.717, 1.165) is 16.7 Å². The Balaban J connectivity index is 1.44. The van der Waals surface area contributed by atoms with Gasteiger partial charge in [0.05, 0.1) is 0 Å². The molecule has 3 aromatic rings. The molecule has 35 heavy (non-hydrogen) atoms. The summed E-state index contributed by atoms with van der Waals surface area (Å²) >= 11 is 2.92. The van der Waals surface area contributed by atoms with Crippen LogP contribution in [-0.2, 0) is 14.3 Å². The molecule has 3 atom stereocenters. The van der Waals surface area contributed by atoms with E-state index in [0.29, 0.717) is 5.75 Å². The first kappa shape index (κ1) is 23.7. The molecule has 2 unspecified atom stereocenters. The molecular weight excluding hydrogens is 478 g/mol. The fourth-order valence-electron chi connectivity index (χ4n) is 4.21. The topological polar surface area (TPSA) is 85.5 Å². The van der Waals surface area contributed by atoms with Crippen LogP contribution in [0, 0.1) is 0 Å². The summed E-state index contributed by atoms with van der Waals surface area (Å²) in [7, 11) is 0. The second kappa shape index (κ2) is 10.3. The molecule has 2 fully saturated rings. The predicted molar refractivity (Wildman–Crippen MR) is 140 cm³/mol. The van der Waals surface area contributed by atoms with E-state index >= 15 is 0 Å². The zero-order valence-electron chi connectivity index (χ0n) is 18.9. The summed E-state index contributed by atoms with van der Waals surface area (Å²) in [6, 6.07) is 22.7. The zero-order chi connectivity index (χ0) is 24.3. The Hall–Kier alpha value is -3.07. The van der Waals surface area contributed by atoms with Crippen LogP contribution in [0.5, 0.6) is 0 Å². The van der Waals surface area contributed by atoms with E-state index in [2.05, 4.69) is 4.98 Å². The lowest BCUT2D eigenvalue weighted by molar-refractivity contribution is -0.154. The Morgan fingerprint density at radius 1 is 1.11 bits per heavy atom. The summed E-state index contributed by atoms with van der Waals surface area (Å²) in [6.45, 7) is 0.258. The Bertz CT molecular complexity index is 1170. The average Bonchev–Trinajstić information content (AvgIpc) is 2.92. The number of hydrogen-bond acceptors (Lipinski definition) is 7. The minimum atomic E-state index is -0.961. The lowest BCUT2D eigenvalue weighted by atomic mass is 10.00. The predicted octanol–water partition coefficient (Wildman–Crippen LogP) is 4.10. The van der Waals surface area contributed by atoms with Crippen LogP contribution in [0.25, 0.3) is 6.08 Å². The molecule has 1 aromatic heterocycles. The van der Waals surface area contributed by atoms with Crippen LogP contribution in [0.15, 0.2) is 90.6 Å². The van der Waals surface area contributed by atoms with E-state index in [1.54, 1.807) is 17.3 Å². The smallest absolute Gasteiger partial charge is 0.326 e. The van der Waals surface area contributed by atoms with Gasteiger partial charge < -0.3 is 15.4 Å². The highest BCUT2D eigenvalue weighted by molar-refractivity contribution is 8.06. The number of thioether (sulfide) groups is 2. The van der Waals surface area contributed by atoms with Crippen LogP contribution < -0.4 is 5.73 Å². The van der Waals surface area contributed by atoms with Crippen molar-refractivity contribution in [1.82, 2.24) is 9.88 Å². The molecule has 178 valence electrons. The number of β-lactam (4-membered cyclic amide) rings is 1. The summed E-state index contributed by atoms with van der Waals surface area (Å²) in [5.74, 6) is 0.0147. The van der Waals surface area contributed by atoms with Gasteiger partial charge in [-0.3, -0.25) is 14.6 Å². The zero-order valence-corrected chi connectivity index (χ0v) is 20.5. The van der Waals surface area contributed by atoms with Crippen LogP contribution in [0.3, 0.4) is 0 Å². The van der Waals surface area contributed by atoms with Crippen LogP contribution in [0.1, 0.15) is 22.8 Å².